The third-order valence-corrected chi connectivity index (χ3v) is 5.52. The Hall–Kier alpha value is -2.21. The van der Waals surface area contributed by atoms with Gasteiger partial charge in [0.1, 0.15) is 0 Å². The van der Waals surface area contributed by atoms with Gasteiger partial charge >= 0.3 is 0 Å². The lowest BCUT2D eigenvalue weighted by Crippen LogP contribution is -2.18. The van der Waals surface area contributed by atoms with Gasteiger partial charge in [-0.3, -0.25) is 9.59 Å². The number of aromatic nitrogens is 1. The molecule has 0 atom stereocenters. The van der Waals surface area contributed by atoms with Crippen LogP contribution in [0.2, 0.25) is 0 Å². The van der Waals surface area contributed by atoms with Gasteiger partial charge in [0.15, 0.2) is 5.13 Å². The lowest BCUT2D eigenvalue weighted by molar-refractivity contribution is -0.117. The summed E-state index contributed by atoms with van der Waals surface area (Å²) in [5.41, 5.74) is 3.89. The summed E-state index contributed by atoms with van der Waals surface area (Å²) in [4.78, 5) is 28.9. The number of benzene rings is 1. The molecule has 0 saturated heterocycles. The van der Waals surface area contributed by atoms with Crippen molar-refractivity contribution in [2.45, 2.75) is 58.8 Å². The fourth-order valence-electron chi connectivity index (χ4n) is 3.04. The lowest BCUT2D eigenvalue weighted by Gasteiger charge is -2.20. The molecular formula is C21H27N3O2S. The highest BCUT2D eigenvalue weighted by Gasteiger charge is 2.30. The number of anilines is 2. The van der Waals surface area contributed by atoms with Gasteiger partial charge in [0.05, 0.1) is 12.1 Å². The zero-order valence-corrected chi connectivity index (χ0v) is 17.2. The van der Waals surface area contributed by atoms with Crippen LogP contribution in [0.5, 0.6) is 0 Å². The molecule has 2 amide bonds. The summed E-state index contributed by atoms with van der Waals surface area (Å²) < 4.78 is 0. The second-order valence-electron chi connectivity index (χ2n) is 7.75. The first kappa shape index (κ1) is 19.5. The molecule has 5 nitrogen and oxygen atoms in total. The molecule has 1 aliphatic rings. The Kier molecular flexibility index (Phi) is 5.95. The number of hydrogen-bond donors (Lipinski definition) is 2. The standard InChI is InChI=1S/C21H27N3O2S/c1-12(2)16-6-5-7-17(13(3)4)19(16)23-18(25)10-15-11-27-21(22-15)24-20(26)14-8-9-14/h5-7,11-14H,8-10H2,1-4H3,(H,23,25)(H,22,24,26). The number of nitrogens with one attached hydrogen (secondary N) is 2. The normalized spacial score (nSPS) is 13.9. The Morgan fingerprint density at radius 3 is 2.30 bits per heavy atom. The molecule has 27 heavy (non-hydrogen) atoms. The number of para-hydroxylation sites is 1. The second-order valence-corrected chi connectivity index (χ2v) is 8.61. The SMILES string of the molecule is CC(C)c1cccc(C(C)C)c1NC(=O)Cc1csc(NC(=O)C2CC2)n1. The van der Waals surface area contributed by atoms with Crippen LogP contribution in [-0.4, -0.2) is 16.8 Å². The van der Waals surface area contributed by atoms with Crippen LogP contribution >= 0.6 is 11.3 Å². The third kappa shape index (κ3) is 4.95. The Labute approximate surface area is 164 Å². The molecule has 1 aromatic heterocycles. The van der Waals surface area contributed by atoms with Crippen molar-refractivity contribution in [3.05, 3.63) is 40.4 Å². The highest BCUT2D eigenvalue weighted by atomic mass is 32.1. The highest BCUT2D eigenvalue weighted by molar-refractivity contribution is 7.13. The van der Waals surface area contributed by atoms with Crippen LogP contribution in [0.3, 0.4) is 0 Å². The van der Waals surface area contributed by atoms with Crippen molar-refractivity contribution < 1.29 is 9.59 Å². The molecule has 1 aromatic carbocycles. The maximum atomic E-state index is 12.6. The average Bonchev–Trinajstić information content (AvgIpc) is 3.37. The Morgan fingerprint density at radius 1 is 1.11 bits per heavy atom. The number of thiazole rings is 1. The molecule has 6 heteroatoms. The zero-order valence-electron chi connectivity index (χ0n) is 16.3. The number of amides is 2. The van der Waals surface area contributed by atoms with Crippen LogP contribution in [0, 0.1) is 5.92 Å². The van der Waals surface area contributed by atoms with E-state index in [4.69, 9.17) is 0 Å². The van der Waals surface area contributed by atoms with Crippen molar-refractivity contribution in [1.29, 1.82) is 0 Å². The molecule has 0 aliphatic heterocycles. The van der Waals surface area contributed by atoms with E-state index in [-0.39, 0.29) is 24.2 Å². The van der Waals surface area contributed by atoms with E-state index in [1.807, 2.05) is 5.38 Å². The summed E-state index contributed by atoms with van der Waals surface area (Å²) in [6, 6.07) is 6.19. The summed E-state index contributed by atoms with van der Waals surface area (Å²) >= 11 is 1.36. The van der Waals surface area contributed by atoms with Crippen molar-refractivity contribution in [2.75, 3.05) is 10.6 Å². The highest BCUT2D eigenvalue weighted by Crippen LogP contribution is 2.33. The van der Waals surface area contributed by atoms with Gasteiger partial charge in [-0.15, -0.1) is 11.3 Å². The number of hydrogen-bond acceptors (Lipinski definition) is 4. The molecule has 1 fully saturated rings. The van der Waals surface area contributed by atoms with Gasteiger partial charge in [-0.1, -0.05) is 45.9 Å². The molecule has 144 valence electrons. The van der Waals surface area contributed by atoms with Gasteiger partial charge in [0, 0.05) is 17.0 Å². The average molecular weight is 386 g/mol. The van der Waals surface area contributed by atoms with E-state index in [1.165, 1.54) is 11.3 Å². The largest absolute Gasteiger partial charge is 0.325 e. The lowest BCUT2D eigenvalue weighted by atomic mass is 9.92. The van der Waals surface area contributed by atoms with E-state index < -0.39 is 0 Å². The first-order valence-corrected chi connectivity index (χ1v) is 10.4. The number of carbonyl (C=O) groups is 2. The van der Waals surface area contributed by atoms with Crippen LogP contribution in [0.15, 0.2) is 23.6 Å². The molecule has 2 N–H and O–H groups in total. The maximum Gasteiger partial charge on any atom is 0.230 e. The fraction of sp³-hybridized carbons (Fsp3) is 0.476. The van der Waals surface area contributed by atoms with E-state index in [1.54, 1.807) is 0 Å². The van der Waals surface area contributed by atoms with Gasteiger partial charge < -0.3 is 10.6 Å². The Bertz CT molecular complexity index is 811. The maximum absolute atomic E-state index is 12.6. The molecule has 1 heterocycles. The smallest absolute Gasteiger partial charge is 0.230 e. The molecule has 0 bridgehead atoms. The summed E-state index contributed by atoms with van der Waals surface area (Å²) in [6.45, 7) is 8.52. The van der Waals surface area contributed by atoms with Crippen molar-refractivity contribution in [2.24, 2.45) is 5.92 Å². The Balaban J connectivity index is 1.69. The number of carbonyl (C=O) groups excluding carboxylic acids is 2. The van der Waals surface area contributed by atoms with Gasteiger partial charge in [-0.2, -0.15) is 0 Å². The summed E-state index contributed by atoms with van der Waals surface area (Å²) in [5, 5.41) is 8.34. The van der Waals surface area contributed by atoms with Crippen molar-refractivity contribution >= 4 is 34.0 Å². The molecule has 0 radical (unpaired) electrons. The summed E-state index contributed by atoms with van der Waals surface area (Å²) in [6.07, 6.45) is 2.11. The van der Waals surface area contributed by atoms with E-state index >= 15 is 0 Å². The number of rotatable bonds is 7. The summed E-state index contributed by atoms with van der Waals surface area (Å²) in [7, 11) is 0. The van der Waals surface area contributed by atoms with Crippen LogP contribution < -0.4 is 10.6 Å². The quantitative estimate of drug-likeness (QED) is 0.711. The van der Waals surface area contributed by atoms with Crippen molar-refractivity contribution in [3.63, 3.8) is 0 Å². The van der Waals surface area contributed by atoms with Crippen molar-refractivity contribution in [3.8, 4) is 0 Å². The molecule has 2 aromatic rings. The fourth-order valence-corrected chi connectivity index (χ4v) is 3.76. The summed E-state index contributed by atoms with van der Waals surface area (Å²) in [5.74, 6) is 0.732. The number of nitrogens with zero attached hydrogens (tertiary/aromatic N) is 1. The minimum Gasteiger partial charge on any atom is -0.325 e. The van der Waals surface area contributed by atoms with E-state index in [2.05, 4.69) is 61.5 Å². The van der Waals surface area contributed by atoms with E-state index in [9.17, 15) is 9.59 Å². The minimum atomic E-state index is -0.0876. The van der Waals surface area contributed by atoms with Gasteiger partial charge in [-0.25, -0.2) is 4.98 Å². The van der Waals surface area contributed by atoms with Gasteiger partial charge in [-0.05, 0) is 35.8 Å². The molecular weight excluding hydrogens is 358 g/mol. The van der Waals surface area contributed by atoms with Crippen LogP contribution in [0.1, 0.15) is 69.2 Å². The zero-order chi connectivity index (χ0) is 19.6. The minimum absolute atomic E-state index is 0.0350. The topological polar surface area (TPSA) is 71.1 Å². The van der Waals surface area contributed by atoms with Crippen LogP contribution in [0.4, 0.5) is 10.8 Å². The molecule has 0 spiro atoms. The second kappa shape index (κ2) is 8.21. The van der Waals surface area contributed by atoms with E-state index in [0.717, 1.165) is 29.7 Å². The first-order chi connectivity index (χ1) is 12.8. The monoisotopic (exact) mass is 385 g/mol. The molecule has 3 rings (SSSR count). The van der Waals surface area contributed by atoms with Crippen molar-refractivity contribution in [1.82, 2.24) is 4.98 Å². The molecule has 0 unspecified atom stereocenters. The Morgan fingerprint density at radius 2 is 1.74 bits per heavy atom. The van der Waals surface area contributed by atoms with E-state index in [0.29, 0.717) is 22.7 Å². The predicted molar refractivity (Wildman–Crippen MR) is 110 cm³/mol. The predicted octanol–water partition coefficient (Wildman–Crippen LogP) is 4.92. The molecule has 1 aliphatic carbocycles. The van der Waals surface area contributed by atoms with Gasteiger partial charge in [0.2, 0.25) is 11.8 Å². The molecule has 1 saturated carbocycles. The van der Waals surface area contributed by atoms with Crippen LogP contribution in [-0.2, 0) is 16.0 Å². The first-order valence-electron chi connectivity index (χ1n) is 9.53. The van der Waals surface area contributed by atoms with Gasteiger partial charge in [0.25, 0.3) is 0 Å². The third-order valence-electron chi connectivity index (χ3n) is 4.71. The van der Waals surface area contributed by atoms with Crippen LogP contribution in [0.25, 0.3) is 0 Å².